The second-order valence-electron chi connectivity index (χ2n) is 6.71. The molecule has 2 heterocycles. The molecule has 6 heteroatoms. The van der Waals surface area contributed by atoms with E-state index in [4.69, 9.17) is 0 Å². The van der Waals surface area contributed by atoms with Gasteiger partial charge in [-0.25, -0.2) is 0 Å². The van der Waals surface area contributed by atoms with E-state index in [1.807, 2.05) is 41.8 Å². The zero-order valence-electron chi connectivity index (χ0n) is 16.0. The molecule has 0 saturated carbocycles. The molecule has 0 radical (unpaired) electrons. The molecule has 0 bridgehead atoms. The van der Waals surface area contributed by atoms with Crippen molar-refractivity contribution in [2.24, 2.45) is 0 Å². The highest BCUT2D eigenvalue weighted by molar-refractivity contribution is 7.10. The predicted octanol–water partition coefficient (Wildman–Crippen LogP) is 3.77. The first-order chi connectivity index (χ1) is 13.1. The summed E-state index contributed by atoms with van der Waals surface area (Å²) < 4.78 is 0. The molecule has 0 spiro atoms. The largest absolute Gasteiger partial charge is 0.372 e. The summed E-state index contributed by atoms with van der Waals surface area (Å²) in [4.78, 5) is 30.4. The third-order valence-electron chi connectivity index (χ3n) is 5.04. The Morgan fingerprint density at radius 3 is 2.56 bits per heavy atom. The first-order valence-electron chi connectivity index (χ1n) is 9.60. The van der Waals surface area contributed by atoms with Crippen LogP contribution in [0.25, 0.3) is 0 Å². The van der Waals surface area contributed by atoms with Crippen LogP contribution in [0.4, 0.5) is 11.4 Å². The normalized spacial score (nSPS) is 16.4. The SMILES string of the molecule is CCN(CC)c1ccc(NC(=O)C2CCCN2C(=O)Cc2cccs2)cc1. The molecule has 1 saturated heterocycles. The maximum Gasteiger partial charge on any atom is 0.247 e. The van der Waals surface area contributed by atoms with Gasteiger partial charge in [0.1, 0.15) is 6.04 Å². The van der Waals surface area contributed by atoms with Gasteiger partial charge in [-0.2, -0.15) is 0 Å². The molecule has 5 nitrogen and oxygen atoms in total. The van der Waals surface area contributed by atoms with Crippen LogP contribution in [0.3, 0.4) is 0 Å². The van der Waals surface area contributed by atoms with Crippen LogP contribution >= 0.6 is 11.3 Å². The molecule has 1 aliphatic heterocycles. The third kappa shape index (κ3) is 4.69. The number of hydrogen-bond donors (Lipinski definition) is 1. The summed E-state index contributed by atoms with van der Waals surface area (Å²) in [7, 11) is 0. The highest BCUT2D eigenvalue weighted by Gasteiger charge is 2.34. The number of carbonyl (C=O) groups excluding carboxylic acids is 2. The summed E-state index contributed by atoms with van der Waals surface area (Å²) in [6.07, 6.45) is 1.97. The molecular weight excluding hydrogens is 358 g/mol. The van der Waals surface area contributed by atoms with E-state index in [9.17, 15) is 9.59 Å². The predicted molar refractivity (Wildman–Crippen MR) is 111 cm³/mol. The van der Waals surface area contributed by atoms with Crippen LogP contribution in [0, 0.1) is 0 Å². The van der Waals surface area contributed by atoms with Gasteiger partial charge in [-0.1, -0.05) is 6.07 Å². The minimum absolute atomic E-state index is 0.0342. The second-order valence-corrected chi connectivity index (χ2v) is 7.74. The minimum Gasteiger partial charge on any atom is -0.372 e. The minimum atomic E-state index is -0.375. The number of carbonyl (C=O) groups is 2. The van der Waals surface area contributed by atoms with E-state index in [2.05, 4.69) is 24.1 Å². The fourth-order valence-corrected chi connectivity index (χ4v) is 4.27. The lowest BCUT2D eigenvalue weighted by molar-refractivity contribution is -0.136. The third-order valence-corrected chi connectivity index (χ3v) is 5.92. The number of nitrogens with zero attached hydrogens (tertiary/aromatic N) is 2. The highest BCUT2D eigenvalue weighted by atomic mass is 32.1. The Morgan fingerprint density at radius 2 is 1.93 bits per heavy atom. The Hall–Kier alpha value is -2.34. The molecule has 144 valence electrons. The Balaban J connectivity index is 1.61. The quantitative estimate of drug-likeness (QED) is 0.789. The average Bonchev–Trinajstić information content (AvgIpc) is 3.35. The molecular formula is C21H27N3O2S. The van der Waals surface area contributed by atoms with Crippen molar-refractivity contribution in [3.8, 4) is 0 Å². The van der Waals surface area contributed by atoms with Gasteiger partial charge in [0.2, 0.25) is 11.8 Å². The number of benzene rings is 1. The summed E-state index contributed by atoms with van der Waals surface area (Å²) in [5, 5.41) is 4.95. The van der Waals surface area contributed by atoms with Crippen molar-refractivity contribution in [1.82, 2.24) is 4.90 Å². The first kappa shape index (κ1) is 19.4. The van der Waals surface area contributed by atoms with E-state index >= 15 is 0 Å². The fraction of sp³-hybridized carbons (Fsp3) is 0.429. The van der Waals surface area contributed by atoms with Crippen LogP contribution in [0.1, 0.15) is 31.6 Å². The summed E-state index contributed by atoms with van der Waals surface area (Å²) >= 11 is 1.58. The maximum absolute atomic E-state index is 12.8. The topological polar surface area (TPSA) is 52.7 Å². The molecule has 1 aliphatic rings. The highest BCUT2D eigenvalue weighted by Crippen LogP contribution is 2.23. The van der Waals surface area contributed by atoms with Gasteiger partial charge in [0.05, 0.1) is 6.42 Å². The van der Waals surface area contributed by atoms with Gasteiger partial charge < -0.3 is 15.1 Å². The summed E-state index contributed by atoms with van der Waals surface area (Å²) in [5.41, 5.74) is 1.92. The van der Waals surface area contributed by atoms with E-state index in [0.29, 0.717) is 13.0 Å². The van der Waals surface area contributed by atoms with Crippen molar-refractivity contribution < 1.29 is 9.59 Å². The van der Waals surface area contributed by atoms with E-state index in [0.717, 1.165) is 42.2 Å². The molecule has 1 N–H and O–H groups in total. The van der Waals surface area contributed by atoms with Crippen molar-refractivity contribution in [2.45, 2.75) is 39.2 Å². The molecule has 27 heavy (non-hydrogen) atoms. The summed E-state index contributed by atoms with van der Waals surface area (Å²) in [5.74, 6) is -0.0606. The standard InChI is InChI=1S/C21H27N3O2S/c1-3-23(4-2)17-11-9-16(10-12-17)22-21(26)19-8-5-13-24(19)20(25)15-18-7-6-14-27-18/h6-7,9-12,14,19H,3-5,8,13,15H2,1-2H3,(H,22,26). The van der Waals surface area contributed by atoms with Crippen molar-refractivity contribution in [3.63, 3.8) is 0 Å². The van der Waals surface area contributed by atoms with E-state index in [1.54, 1.807) is 16.2 Å². The van der Waals surface area contributed by atoms with Gasteiger partial charge in [-0.3, -0.25) is 9.59 Å². The number of anilines is 2. The van der Waals surface area contributed by atoms with Crippen LogP contribution in [0.2, 0.25) is 0 Å². The zero-order chi connectivity index (χ0) is 19.2. The fourth-order valence-electron chi connectivity index (χ4n) is 3.57. The van der Waals surface area contributed by atoms with E-state index in [1.165, 1.54) is 0 Å². The smallest absolute Gasteiger partial charge is 0.247 e. The molecule has 0 aliphatic carbocycles. The Labute approximate surface area is 165 Å². The number of likely N-dealkylation sites (tertiary alicyclic amines) is 1. The average molecular weight is 386 g/mol. The van der Waals surface area contributed by atoms with Gasteiger partial charge in [-0.05, 0) is 62.4 Å². The summed E-state index contributed by atoms with van der Waals surface area (Å²) in [6, 6.07) is 11.4. The molecule has 1 fully saturated rings. The van der Waals surface area contributed by atoms with E-state index in [-0.39, 0.29) is 17.9 Å². The Morgan fingerprint density at radius 1 is 1.19 bits per heavy atom. The van der Waals surface area contributed by atoms with Gasteiger partial charge in [0, 0.05) is 35.9 Å². The number of amides is 2. The van der Waals surface area contributed by atoms with Crippen LogP contribution in [-0.4, -0.2) is 42.4 Å². The van der Waals surface area contributed by atoms with Crippen molar-refractivity contribution in [2.75, 3.05) is 29.9 Å². The second kappa shape index (κ2) is 9.04. The number of hydrogen-bond acceptors (Lipinski definition) is 4. The van der Waals surface area contributed by atoms with Crippen molar-refractivity contribution in [1.29, 1.82) is 0 Å². The van der Waals surface area contributed by atoms with Crippen LogP contribution in [0.5, 0.6) is 0 Å². The van der Waals surface area contributed by atoms with E-state index < -0.39 is 0 Å². The van der Waals surface area contributed by atoms with Crippen LogP contribution in [0.15, 0.2) is 41.8 Å². The van der Waals surface area contributed by atoms with Crippen LogP contribution < -0.4 is 10.2 Å². The Kier molecular flexibility index (Phi) is 6.50. The lowest BCUT2D eigenvalue weighted by Gasteiger charge is -2.24. The molecule has 1 aromatic heterocycles. The summed E-state index contributed by atoms with van der Waals surface area (Å²) in [6.45, 7) is 6.81. The first-order valence-corrected chi connectivity index (χ1v) is 10.5. The zero-order valence-corrected chi connectivity index (χ0v) is 16.8. The van der Waals surface area contributed by atoms with Gasteiger partial charge in [-0.15, -0.1) is 11.3 Å². The number of nitrogens with one attached hydrogen (secondary N) is 1. The van der Waals surface area contributed by atoms with Gasteiger partial charge in [0.15, 0.2) is 0 Å². The number of rotatable bonds is 7. The van der Waals surface area contributed by atoms with Crippen molar-refractivity contribution >= 4 is 34.5 Å². The lowest BCUT2D eigenvalue weighted by Crippen LogP contribution is -2.43. The van der Waals surface area contributed by atoms with Gasteiger partial charge in [0.25, 0.3) is 0 Å². The lowest BCUT2D eigenvalue weighted by atomic mass is 10.2. The molecule has 2 aromatic rings. The molecule has 2 amide bonds. The number of thiophene rings is 1. The van der Waals surface area contributed by atoms with Crippen LogP contribution in [-0.2, 0) is 16.0 Å². The maximum atomic E-state index is 12.8. The Bertz CT molecular complexity index is 754. The molecule has 1 aromatic carbocycles. The van der Waals surface area contributed by atoms with Gasteiger partial charge >= 0.3 is 0 Å². The monoisotopic (exact) mass is 385 g/mol. The van der Waals surface area contributed by atoms with Crippen molar-refractivity contribution in [3.05, 3.63) is 46.7 Å². The molecule has 3 rings (SSSR count). The molecule has 1 unspecified atom stereocenters. The molecule has 1 atom stereocenters.